The smallest absolute Gasteiger partial charge is 0.408 e. The number of carboxylic acids is 1. The molecule has 1 aliphatic rings. The van der Waals surface area contributed by atoms with E-state index in [0.717, 1.165) is 5.56 Å². The van der Waals surface area contributed by atoms with E-state index in [-0.39, 0.29) is 13.0 Å². The molecular formula is C20H28N2O6. The van der Waals surface area contributed by atoms with Gasteiger partial charge in [0.1, 0.15) is 24.3 Å². The third kappa shape index (κ3) is 6.84. The number of rotatable bonds is 8. The fraction of sp³-hybridized carbons (Fsp3) is 0.550. The normalized spacial score (nSPS) is 17.9. The summed E-state index contributed by atoms with van der Waals surface area (Å²) in [6, 6.07) is 7.76. The first kappa shape index (κ1) is 21.7. The number of ether oxygens (including phenoxy) is 2. The van der Waals surface area contributed by atoms with Gasteiger partial charge in [0.25, 0.3) is 0 Å². The summed E-state index contributed by atoms with van der Waals surface area (Å²) in [7, 11) is 0. The lowest BCUT2D eigenvalue weighted by atomic mass is 10.0. The van der Waals surface area contributed by atoms with E-state index in [2.05, 4.69) is 5.32 Å². The summed E-state index contributed by atoms with van der Waals surface area (Å²) in [5.41, 5.74) is 0.134. The number of hydrogen-bond donors (Lipinski definition) is 2. The van der Waals surface area contributed by atoms with Crippen LogP contribution in [0.3, 0.4) is 0 Å². The van der Waals surface area contributed by atoms with E-state index in [1.54, 1.807) is 25.7 Å². The maximum absolute atomic E-state index is 12.5. The Balaban J connectivity index is 1.95. The van der Waals surface area contributed by atoms with Crippen LogP contribution in [0.1, 0.15) is 39.2 Å². The highest BCUT2D eigenvalue weighted by atomic mass is 16.6. The van der Waals surface area contributed by atoms with Crippen LogP contribution in [0.2, 0.25) is 0 Å². The number of benzene rings is 1. The molecule has 0 bridgehead atoms. The van der Waals surface area contributed by atoms with Crippen LogP contribution in [-0.2, 0) is 25.7 Å². The van der Waals surface area contributed by atoms with Gasteiger partial charge in [-0.05, 0) is 39.2 Å². The van der Waals surface area contributed by atoms with Gasteiger partial charge in [0.2, 0.25) is 0 Å². The van der Waals surface area contributed by atoms with E-state index in [4.69, 9.17) is 14.6 Å². The van der Waals surface area contributed by atoms with Crippen molar-refractivity contribution < 1.29 is 29.0 Å². The number of hydrogen-bond acceptors (Lipinski definition) is 6. The monoisotopic (exact) mass is 392 g/mol. The maximum atomic E-state index is 12.5. The van der Waals surface area contributed by atoms with Crippen molar-refractivity contribution in [2.24, 2.45) is 0 Å². The van der Waals surface area contributed by atoms with Gasteiger partial charge in [-0.1, -0.05) is 30.3 Å². The molecule has 2 N–H and O–H groups in total. The van der Waals surface area contributed by atoms with E-state index < -0.39 is 35.7 Å². The summed E-state index contributed by atoms with van der Waals surface area (Å²) in [4.78, 5) is 37.5. The number of carbonyl (C=O) groups is 3. The molecule has 8 nitrogen and oxygen atoms in total. The van der Waals surface area contributed by atoms with Crippen LogP contribution in [0.5, 0.6) is 0 Å². The Hall–Kier alpha value is -2.61. The van der Waals surface area contributed by atoms with Crippen LogP contribution >= 0.6 is 0 Å². The van der Waals surface area contributed by atoms with Gasteiger partial charge < -0.3 is 19.9 Å². The molecule has 1 amide bonds. The van der Waals surface area contributed by atoms with Crippen molar-refractivity contribution in [3.05, 3.63) is 35.9 Å². The van der Waals surface area contributed by atoms with Gasteiger partial charge in [-0.15, -0.1) is 0 Å². The van der Waals surface area contributed by atoms with Crippen molar-refractivity contribution in [2.75, 3.05) is 13.1 Å². The predicted octanol–water partition coefficient (Wildman–Crippen LogP) is 2.17. The van der Waals surface area contributed by atoms with Crippen LogP contribution < -0.4 is 5.32 Å². The summed E-state index contributed by atoms with van der Waals surface area (Å²) in [5.74, 6) is -1.46. The number of aliphatic carboxylic acids is 1. The molecule has 154 valence electrons. The second-order valence-corrected chi connectivity index (χ2v) is 7.76. The van der Waals surface area contributed by atoms with Gasteiger partial charge in [0.05, 0.1) is 0 Å². The van der Waals surface area contributed by atoms with Gasteiger partial charge in [-0.2, -0.15) is 0 Å². The first-order valence-corrected chi connectivity index (χ1v) is 9.32. The minimum atomic E-state index is -0.923. The minimum Gasteiger partial charge on any atom is -0.480 e. The molecule has 1 heterocycles. The Morgan fingerprint density at radius 1 is 1.25 bits per heavy atom. The fourth-order valence-electron chi connectivity index (χ4n) is 2.81. The highest BCUT2D eigenvalue weighted by molar-refractivity contribution is 5.81. The number of carbonyl (C=O) groups excluding carboxylic acids is 2. The highest BCUT2D eigenvalue weighted by Gasteiger charge is 2.35. The van der Waals surface area contributed by atoms with Crippen molar-refractivity contribution >= 4 is 18.0 Å². The van der Waals surface area contributed by atoms with Gasteiger partial charge in [0.15, 0.2) is 0 Å². The molecule has 0 radical (unpaired) electrons. The molecule has 0 saturated carbocycles. The zero-order valence-electron chi connectivity index (χ0n) is 16.5. The molecule has 0 spiro atoms. The van der Waals surface area contributed by atoms with Gasteiger partial charge in [-0.3, -0.25) is 9.69 Å². The topological polar surface area (TPSA) is 105 Å². The first-order valence-electron chi connectivity index (χ1n) is 9.32. The predicted molar refractivity (Wildman–Crippen MR) is 102 cm³/mol. The summed E-state index contributed by atoms with van der Waals surface area (Å²) < 4.78 is 10.6. The van der Waals surface area contributed by atoms with E-state index in [0.29, 0.717) is 19.5 Å². The number of carboxylic acid groups (broad SMARTS) is 1. The van der Waals surface area contributed by atoms with Crippen LogP contribution in [0.25, 0.3) is 0 Å². The van der Waals surface area contributed by atoms with E-state index >= 15 is 0 Å². The molecule has 1 fully saturated rings. The lowest BCUT2D eigenvalue weighted by molar-refractivity contribution is -0.149. The maximum Gasteiger partial charge on any atom is 0.408 e. The molecule has 0 aliphatic carbocycles. The van der Waals surface area contributed by atoms with Gasteiger partial charge in [-0.25, -0.2) is 9.59 Å². The minimum absolute atomic E-state index is 0.0909. The summed E-state index contributed by atoms with van der Waals surface area (Å²) in [5, 5.41) is 11.7. The fourth-order valence-corrected chi connectivity index (χ4v) is 2.81. The zero-order chi connectivity index (χ0) is 20.7. The largest absolute Gasteiger partial charge is 0.480 e. The standard InChI is InChI=1S/C20H28N2O6/c1-20(2,3)28-19(26)21-15(9-11-22-12-10-16(22)17(23)24)18(25)27-13-14-7-5-4-6-8-14/h4-8,15-16H,9-13H2,1-3H3,(H,21,26)(H,23,24)/t15-,16-/m0/s1. The second kappa shape index (κ2) is 9.54. The molecule has 1 aromatic rings. The van der Waals surface area contributed by atoms with Crippen molar-refractivity contribution in [1.82, 2.24) is 10.2 Å². The number of nitrogens with zero attached hydrogens (tertiary/aromatic N) is 1. The van der Waals surface area contributed by atoms with Crippen LogP contribution in [-0.4, -0.2) is 58.8 Å². The van der Waals surface area contributed by atoms with Crippen LogP contribution in [0.15, 0.2) is 30.3 Å². The number of alkyl carbamates (subject to hydrolysis) is 1. The Morgan fingerprint density at radius 2 is 1.93 bits per heavy atom. The van der Waals surface area contributed by atoms with Gasteiger partial charge >= 0.3 is 18.0 Å². The van der Waals surface area contributed by atoms with Crippen LogP contribution in [0, 0.1) is 0 Å². The molecule has 28 heavy (non-hydrogen) atoms. The summed E-state index contributed by atoms with van der Waals surface area (Å²) in [6.07, 6.45) is 0.0989. The third-order valence-electron chi connectivity index (χ3n) is 4.32. The first-order chi connectivity index (χ1) is 13.2. The van der Waals surface area contributed by atoms with Crippen molar-refractivity contribution in [2.45, 2.75) is 57.9 Å². The average molecular weight is 392 g/mol. The second-order valence-electron chi connectivity index (χ2n) is 7.76. The molecule has 2 rings (SSSR count). The Kier molecular flexibility index (Phi) is 7.39. The van der Waals surface area contributed by atoms with E-state index in [1.807, 2.05) is 30.3 Å². The van der Waals surface area contributed by atoms with E-state index in [9.17, 15) is 14.4 Å². The summed E-state index contributed by atoms with van der Waals surface area (Å²) in [6.45, 7) is 6.28. The molecule has 0 unspecified atom stereocenters. The highest BCUT2D eigenvalue weighted by Crippen LogP contribution is 2.18. The van der Waals surface area contributed by atoms with Crippen LogP contribution in [0.4, 0.5) is 4.79 Å². The average Bonchev–Trinajstić information content (AvgIpc) is 2.56. The lowest BCUT2D eigenvalue weighted by Crippen LogP contribution is -2.54. The molecule has 2 atom stereocenters. The molecule has 1 aromatic carbocycles. The molecule has 1 aliphatic heterocycles. The number of amides is 1. The zero-order valence-corrected chi connectivity index (χ0v) is 16.5. The van der Waals surface area contributed by atoms with Crippen molar-refractivity contribution in [3.63, 3.8) is 0 Å². The van der Waals surface area contributed by atoms with Crippen molar-refractivity contribution in [3.8, 4) is 0 Å². The molecular weight excluding hydrogens is 364 g/mol. The van der Waals surface area contributed by atoms with Gasteiger partial charge in [0, 0.05) is 13.1 Å². The lowest BCUT2D eigenvalue weighted by Gasteiger charge is -2.38. The SMILES string of the molecule is CC(C)(C)OC(=O)N[C@@H](CCN1CC[C@H]1C(=O)O)C(=O)OCc1ccccc1. The van der Waals surface area contributed by atoms with E-state index in [1.165, 1.54) is 0 Å². The van der Waals surface area contributed by atoms with Crippen molar-refractivity contribution in [1.29, 1.82) is 0 Å². The Labute approximate surface area is 164 Å². The quantitative estimate of drug-likeness (QED) is 0.653. The Morgan fingerprint density at radius 3 is 2.46 bits per heavy atom. The number of likely N-dealkylation sites (tertiary alicyclic amines) is 1. The molecule has 8 heteroatoms. The number of nitrogens with one attached hydrogen (secondary N) is 1. The third-order valence-corrected chi connectivity index (χ3v) is 4.32. The molecule has 1 saturated heterocycles. The Bertz CT molecular complexity index is 686. The number of esters is 1. The molecule has 0 aromatic heterocycles. The summed E-state index contributed by atoms with van der Waals surface area (Å²) >= 11 is 0.